The third-order valence-electron chi connectivity index (χ3n) is 5.32. The van der Waals surface area contributed by atoms with E-state index >= 15 is 0 Å². The Hall–Kier alpha value is -0.730. The molecule has 0 saturated heterocycles. The summed E-state index contributed by atoms with van der Waals surface area (Å²) in [6.07, 6.45) is 7.91. The monoisotopic (exact) mass is 307 g/mol. The highest BCUT2D eigenvalue weighted by atomic mass is 35.5. The fraction of sp³-hybridized carbons (Fsp3) is 0.667. The van der Waals surface area contributed by atoms with E-state index in [4.69, 9.17) is 16.3 Å². The van der Waals surface area contributed by atoms with E-state index in [-0.39, 0.29) is 0 Å². The van der Waals surface area contributed by atoms with Gasteiger partial charge in [-0.15, -0.1) is 0 Å². The van der Waals surface area contributed by atoms with Crippen LogP contribution in [0.25, 0.3) is 0 Å². The summed E-state index contributed by atoms with van der Waals surface area (Å²) in [4.78, 5) is 0. The summed E-state index contributed by atoms with van der Waals surface area (Å²) in [5, 5.41) is 4.47. The van der Waals surface area contributed by atoms with Crippen LogP contribution in [0.2, 0.25) is 5.02 Å². The predicted octanol–water partition coefficient (Wildman–Crippen LogP) is 4.73. The first-order valence-corrected chi connectivity index (χ1v) is 8.70. The largest absolute Gasteiger partial charge is 0.488 e. The molecular formula is C18H26ClNO. The van der Waals surface area contributed by atoms with Gasteiger partial charge in [0.2, 0.25) is 0 Å². The topological polar surface area (TPSA) is 21.3 Å². The Kier molecular flexibility index (Phi) is 4.46. The first-order chi connectivity index (χ1) is 10.2. The van der Waals surface area contributed by atoms with Crippen molar-refractivity contribution in [2.45, 2.75) is 64.5 Å². The molecule has 2 saturated carbocycles. The molecule has 0 aliphatic heterocycles. The molecule has 0 aromatic heterocycles. The van der Waals surface area contributed by atoms with Crippen molar-refractivity contribution in [3.8, 4) is 5.75 Å². The average Bonchev–Trinajstić information content (AvgIpc) is 2.98. The molecule has 1 aromatic rings. The number of ether oxygens (including phenoxy) is 1. The van der Waals surface area contributed by atoms with Crippen molar-refractivity contribution in [2.75, 3.05) is 6.54 Å². The zero-order valence-corrected chi connectivity index (χ0v) is 13.9. The fourth-order valence-electron chi connectivity index (χ4n) is 4.08. The lowest BCUT2D eigenvalue weighted by molar-refractivity contribution is -0.0759. The number of hydrogen-bond acceptors (Lipinski definition) is 2. The zero-order chi connectivity index (χ0) is 14.9. The van der Waals surface area contributed by atoms with Crippen molar-refractivity contribution in [1.82, 2.24) is 5.32 Å². The second-order valence-electron chi connectivity index (χ2n) is 6.72. The van der Waals surface area contributed by atoms with Gasteiger partial charge in [-0.25, -0.2) is 0 Å². The minimum absolute atomic E-state index is 0.327. The van der Waals surface area contributed by atoms with Gasteiger partial charge in [0, 0.05) is 17.9 Å². The Morgan fingerprint density at radius 3 is 2.81 bits per heavy atom. The zero-order valence-electron chi connectivity index (χ0n) is 13.1. The number of benzene rings is 1. The van der Waals surface area contributed by atoms with Gasteiger partial charge in [0.25, 0.3) is 0 Å². The van der Waals surface area contributed by atoms with Crippen LogP contribution in [0.15, 0.2) is 18.2 Å². The van der Waals surface area contributed by atoms with Crippen LogP contribution >= 0.6 is 11.6 Å². The summed E-state index contributed by atoms with van der Waals surface area (Å²) in [6.45, 7) is 5.43. The molecule has 0 heterocycles. The molecule has 1 aromatic carbocycles. The van der Waals surface area contributed by atoms with Crippen LogP contribution in [0, 0.1) is 12.3 Å². The molecule has 3 heteroatoms. The molecule has 2 nitrogen and oxygen atoms in total. The van der Waals surface area contributed by atoms with Gasteiger partial charge in [0.05, 0.1) is 5.02 Å². The molecular weight excluding hydrogens is 282 g/mol. The molecule has 2 aliphatic carbocycles. The summed E-state index contributed by atoms with van der Waals surface area (Å²) in [5.74, 6) is 0.863. The lowest BCUT2D eigenvalue weighted by atomic mass is 9.60. The molecule has 2 fully saturated rings. The highest BCUT2D eigenvalue weighted by Gasteiger charge is 2.57. The first-order valence-electron chi connectivity index (χ1n) is 8.32. The standard InChI is InChI=1S/C18H26ClNO/c1-3-10-20-16-12-17(18(16)8-4-5-9-18)21-15-11-13(2)6-7-14(15)19/h6-7,11,16-17,20H,3-5,8-10,12H2,1-2H3. The van der Waals surface area contributed by atoms with Crippen LogP contribution in [0.3, 0.4) is 0 Å². The molecule has 2 unspecified atom stereocenters. The molecule has 1 spiro atoms. The van der Waals surface area contributed by atoms with Crippen LogP contribution in [-0.2, 0) is 0 Å². The van der Waals surface area contributed by atoms with Crippen molar-refractivity contribution < 1.29 is 4.74 Å². The lowest BCUT2D eigenvalue weighted by Gasteiger charge is -2.54. The summed E-state index contributed by atoms with van der Waals surface area (Å²) < 4.78 is 6.34. The van der Waals surface area contributed by atoms with Gasteiger partial charge in [-0.3, -0.25) is 0 Å². The quantitative estimate of drug-likeness (QED) is 0.849. The summed E-state index contributed by atoms with van der Waals surface area (Å²) >= 11 is 6.30. The summed E-state index contributed by atoms with van der Waals surface area (Å²) in [6, 6.07) is 6.68. The maximum Gasteiger partial charge on any atom is 0.138 e. The van der Waals surface area contributed by atoms with Gasteiger partial charge in [-0.05, 0) is 50.4 Å². The van der Waals surface area contributed by atoms with Crippen molar-refractivity contribution >= 4 is 11.6 Å². The number of halogens is 1. The Labute approximate surface area is 133 Å². The lowest BCUT2D eigenvalue weighted by Crippen LogP contribution is -2.63. The third kappa shape index (κ3) is 2.80. The molecule has 2 aliphatic rings. The van der Waals surface area contributed by atoms with E-state index in [9.17, 15) is 0 Å². The number of nitrogens with one attached hydrogen (secondary N) is 1. The maximum atomic E-state index is 6.34. The highest BCUT2D eigenvalue weighted by molar-refractivity contribution is 6.32. The van der Waals surface area contributed by atoms with Crippen molar-refractivity contribution in [3.63, 3.8) is 0 Å². The maximum absolute atomic E-state index is 6.34. The predicted molar refractivity (Wildman–Crippen MR) is 88.2 cm³/mol. The van der Waals surface area contributed by atoms with E-state index in [1.54, 1.807) is 0 Å². The normalized spacial score (nSPS) is 26.8. The van der Waals surface area contributed by atoms with Gasteiger partial charge < -0.3 is 10.1 Å². The van der Waals surface area contributed by atoms with Gasteiger partial charge in [-0.1, -0.05) is 37.4 Å². The smallest absolute Gasteiger partial charge is 0.138 e. The number of aryl methyl sites for hydroxylation is 1. The molecule has 116 valence electrons. The average molecular weight is 308 g/mol. The minimum atomic E-state index is 0.327. The molecule has 2 atom stereocenters. The van der Waals surface area contributed by atoms with E-state index < -0.39 is 0 Å². The van der Waals surface area contributed by atoms with Crippen molar-refractivity contribution in [3.05, 3.63) is 28.8 Å². The van der Waals surface area contributed by atoms with Crippen LogP contribution < -0.4 is 10.1 Å². The van der Waals surface area contributed by atoms with E-state index in [1.807, 2.05) is 12.1 Å². The number of hydrogen-bond donors (Lipinski definition) is 1. The van der Waals surface area contributed by atoms with E-state index in [1.165, 1.54) is 37.7 Å². The molecule has 21 heavy (non-hydrogen) atoms. The number of rotatable bonds is 5. The summed E-state index contributed by atoms with van der Waals surface area (Å²) in [7, 11) is 0. The summed E-state index contributed by atoms with van der Waals surface area (Å²) in [5.41, 5.74) is 1.55. The van der Waals surface area contributed by atoms with E-state index in [0.29, 0.717) is 17.6 Å². The van der Waals surface area contributed by atoms with Crippen LogP contribution in [0.5, 0.6) is 5.75 Å². The van der Waals surface area contributed by atoms with Crippen LogP contribution in [0.4, 0.5) is 0 Å². The highest BCUT2D eigenvalue weighted by Crippen LogP contribution is 2.55. The fourth-order valence-corrected chi connectivity index (χ4v) is 4.24. The Morgan fingerprint density at radius 1 is 1.33 bits per heavy atom. The molecule has 3 rings (SSSR count). The van der Waals surface area contributed by atoms with Crippen LogP contribution in [-0.4, -0.2) is 18.7 Å². The van der Waals surface area contributed by atoms with E-state index in [2.05, 4.69) is 25.2 Å². The third-order valence-corrected chi connectivity index (χ3v) is 5.63. The second kappa shape index (κ2) is 6.18. The van der Waals surface area contributed by atoms with Crippen molar-refractivity contribution in [1.29, 1.82) is 0 Å². The van der Waals surface area contributed by atoms with Crippen molar-refractivity contribution in [2.24, 2.45) is 5.41 Å². The van der Waals surface area contributed by atoms with Gasteiger partial charge in [0.1, 0.15) is 11.9 Å². The SMILES string of the molecule is CCCNC1CC(Oc2cc(C)ccc2Cl)C12CCCC2. The molecule has 1 N–H and O–H groups in total. The Morgan fingerprint density at radius 2 is 2.10 bits per heavy atom. The van der Waals surface area contributed by atoms with Gasteiger partial charge in [-0.2, -0.15) is 0 Å². The Balaban J connectivity index is 1.72. The molecule has 0 radical (unpaired) electrons. The van der Waals surface area contributed by atoms with Gasteiger partial charge in [0.15, 0.2) is 0 Å². The molecule has 0 amide bonds. The van der Waals surface area contributed by atoms with Crippen LogP contribution in [0.1, 0.15) is 51.0 Å². The first kappa shape index (κ1) is 15.2. The molecule has 0 bridgehead atoms. The Bertz CT molecular complexity index is 496. The van der Waals surface area contributed by atoms with E-state index in [0.717, 1.165) is 23.7 Å². The van der Waals surface area contributed by atoms with Gasteiger partial charge >= 0.3 is 0 Å². The second-order valence-corrected chi connectivity index (χ2v) is 7.13. The minimum Gasteiger partial charge on any atom is -0.488 e.